The van der Waals surface area contributed by atoms with E-state index in [9.17, 15) is 19.2 Å². The van der Waals surface area contributed by atoms with Gasteiger partial charge in [0.05, 0.1) is 0 Å². The van der Waals surface area contributed by atoms with Crippen LogP contribution in [0.1, 0.15) is 54.0 Å². The number of nitrogens with zero attached hydrogens (tertiary/aromatic N) is 2. The minimum atomic E-state index is -1.12. The molecule has 0 radical (unpaired) electrons. The summed E-state index contributed by atoms with van der Waals surface area (Å²) in [4.78, 5) is 50.2. The first-order valence-electron chi connectivity index (χ1n) is 10.1. The molecule has 0 bridgehead atoms. The third-order valence-electron chi connectivity index (χ3n) is 3.67. The molecule has 0 aliphatic heterocycles. The van der Waals surface area contributed by atoms with Gasteiger partial charge in [0, 0.05) is 7.05 Å². The van der Waals surface area contributed by atoms with Crippen LogP contribution in [0.4, 0.5) is 14.4 Å². The minimum absolute atomic E-state index is 0.0192. The van der Waals surface area contributed by atoms with Crippen LogP contribution >= 0.6 is 0 Å². The van der Waals surface area contributed by atoms with Crippen molar-refractivity contribution in [1.82, 2.24) is 15.3 Å². The van der Waals surface area contributed by atoms with Gasteiger partial charge < -0.3 is 19.5 Å². The Morgan fingerprint density at radius 2 is 1.38 bits per heavy atom. The third-order valence-corrected chi connectivity index (χ3v) is 3.67. The lowest BCUT2D eigenvalue weighted by atomic mass is 10.2. The van der Waals surface area contributed by atoms with Gasteiger partial charge in [-0.1, -0.05) is 30.3 Å². The Bertz CT molecular complexity index is 785. The van der Waals surface area contributed by atoms with Crippen molar-refractivity contribution < 1.29 is 33.4 Å². The number of rotatable bonds is 4. The van der Waals surface area contributed by atoms with Crippen LogP contribution in [-0.4, -0.2) is 58.5 Å². The molecule has 0 aliphatic rings. The van der Waals surface area contributed by atoms with E-state index in [1.165, 1.54) is 14.0 Å². The van der Waals surface area contributed by atoms with E-state index in [0.29, 0.717) is 5.01 Å². The lowest BCUT2D eigenvalue weighted by molar-refractivity contribution is -0.145. The highest BCUT2D eigenvalue weighted by atomic mass is 16.6. The lowest BCUT2D eigenvalue weighted by Crippen LogP contribution is -2.57. The van der Waals surface area contributed by atoms with Gasteiger partial charge in [-0.25, -0.2) is 19.4 Å². The Hall–Kier alpha value is -3.30. The molecule has 1 unspecified atom stereocenters. The largest absolute Gasteiger partial charge is 0.445 e. The van der Waals surface area contributed by atoms with Crippen molar-refractivity contribution in [2.24, 2.45) is 0 Å². The number of amides is 4. The molecule has 1 atom stereocenters. The Balaban J connectivity index is 2.88. The average Bonchev–Trinajstić information content (AvgIpc) is 2.63. The predicted molar refractivity (Wildman–Crippen MR) is 116 cm³/mol. The molecule has 0 saturated heterocycles. The van der Waals surface area contributed by atoms with Crippen LogP contribution in [0, 0.1) is 0 Å². The SMILES string of the molecule is CC(NC(=O)OCc1ccccc1)C(=O)N(C)N(C(=O)OC(C)(C)C)C(=O)OC(C)(C)C. The molecule has 0 fully saturated rings. The number of hydrazine groups is 1. The Morgan fingerprint density at radius 1 is 0.906 bits per heavy atom. The maximum absolute atomic E-state index is 12.8. The van der Waals surface area contributed by atoms with Crippen molar-refractivity contribution in [3.63, 3.8) is 0 Å². The van der Waals surface area contributed by atoms with Gasteiger partial charge in [-0.05, 0) is 54.0 Å². The van der Waals surface area contributed by atoms with E-state index in [-0.39, 0.29) is 6.61 Å². The fraction of sp³-hybridized carbons (Fsp3) is 0.545. The maximum atomic E-state index is 12.8. The molecule has 32 heavy (non-hydrogen) atoms. The van der Waals surface area contributed by atoms with Crippen molar-refractivity contribution in [1.29, 1.82) is 0 Å². The molecule has 10 heteroatoms. The van der Waals surface area contributed by atoms with Crippen LogP contribution < -0.4 is 5.32 Å². The van der Waals surface area contributed by atoms with E-state index in [2.05, 4.69) is 5.32 Å². The number of carbonyl (C=O) groups excluding carboxylic acids is 4. The fourth-order valence-electron chi connectivity index (χ4n) is 2.31. The standard InChI is InChI=1S/C22H33N3O7/c1-15(23-18(27)30-14-16-12-10-9-11-13-16)17(26)24(8)25(19(28)31-21(2,3)4)20(29)32-22(5,6)7/h9-13,15H,14H2,1-8H3,(H,23,27). The zero-order valence-corrected chi connectivity index (χ0v) is 19.9. The molecule has 4 amide bonds. The fourth-order valence-corrected chi connectivity index (χ4v) is 2.31. The van der Waals surface area contributed by atoms with Crippen molar-refractivity contribution in [2.75, 3.05) is 7.05 Å². The highest BCUT2D eigenvalue weighted by molar-refractivity contribution is 5.93. The summed E-state index contributed by atoms with van der Waals surface area (Å²) < 4.78 is 15.6. The third kappa shape index (κ3) is 9.23. The molecule has 0 saturated carbocycles. The molecule has 178 valence electrons. The Kier molecular flexibility index (Phi) is 9.05. The monoisotopic (exact) mass is 451 g/mol. The van der Waals surface area contributed by atoms with Gasteiger partial charge in [-0.3, -0.25) is 4.79 Å². The van der Waals surface area contributed by atoms with Crippen LogP contribution in [0.5, 0.6) is 0 Å². The van der Waals surface area contributed by atoms with Crippen molar-refractivity contribution >= 4 is 24.2 Å². The quantitative estimate of drug-likeness (QED) is 0.546. The molecular weight excluding hydrogens is 418 g/mol. The number of imide groups is 1. The number of benzene rings is 1. The van der Waals surface area contributed by atoms with Crippen LogP contribution in [0.25, 0.3) is 0 Å². The molecular formula is C22H33N3O7. The molecule has 1 rings (SSSR count). The smallest absolute Gasteiger partial charge is 0.439 e. The molecule has 0 aromatic heterocycles. The van der Waals surface area contributed by atoms with E-state index in [1.807, 2.05) is 6.07 Å². The first-order chi connectivity index (χ1) is 14.6. The molecule has 1 N–H and O–H groups in total. The number of hydrogen-bond acceptors (Lipinski definition) is 7. The summed E-state index contributed by atoms with van der Waals surface area (Å²) in [6, 6.07) is 7.90. The van der Waals surface area contributed by atoms with Crippen molar-refractivity contribution in [3.05, 3.63) is 35.9 Å². The van der Waals surface area contributed by atoms with E-state index < -0.39 is 41.4 Å². The van der Waals surface area contributed by atoms with E-state index in [0.717, 1.165) is 10.6 Å². The molecule has 0 spiro atoms. The summed E-state index contributed by atoms with van der Waals surface area (Å²) in [5.74, 6) is -0.765. The maximum Gasteiger partial charge on any atom is 0.439 e. The number of carbonyl (C=O) groups is 4. The predicted octanol–water partition coefficient (Wildman–Crippen LogP) is 3.85. The second-order valence-electron chi connectivity index (χ2n) is 9.06. The normalized spacial score (nSPS) is 12.2. The van der Waals surface area contributed by atoms with Gasteiger partial charge >= 0.3 is 18.3 Å². The first-order valence-corrected chi connectivity index (χ1v) is 10.1. The molecule has 0 heterocycles. The van der Waals surface area contributed by atoms with Gasteiger partial charge in [0.25, 0.3) is 5.91 Å². The van der Waals surface area contributed by atoms with Crippen LogP contribution in [0.2, 0.25) is 0 Å². The number of likely N-dealkylation sites (N-methyl/N-ethyl adjacent to an activating group) is 1. The number of hydrogen-bond donors (Lipinski definition) is 1. The van der Waals surface area contributed by atoms with Crippen LogP contribution in [0.15, 0.2) is 30.3 Å². The first kappa shape index (κ1) is 26.7. The molecule has 1 aromatic carbocycles. The summed E-state index contributed by atoms with van der Waals surface area (Å²) in [7, 11) is 1.20. The lowest BCUT2D eigenvalue weighted by Gasteiger charge is -2.34. The van der Waals surface area contributed by atoms with Crippen molar-refractivity contribution in [3.8, 4) is 0 Å². The zero-order valence-electron chi connectivity index (χ0n) is 19.9. The van der Waals surface area contributed by atoms with Gasteiger partial charge in [-0.2, -0.15) is 0 Å². The summed E-state index contributed by atoms with van der Waals surface area (Å²) in [5.41, 5.74) is -1.07. The van der Waals surface area contributed by atoms with Crippen molar-refractivity contribution in [2.45, 2.75) is 72.3 Å². The molecule has 1 aromatic rings. The highest BCUT2D eigenvalue weighted by Gasteiger charge is 2.38. The number of alkyl carbamates (subject to hydrolysis) is 1. The molecule has 10 nitrogen and oxygen atoms in total. The Labute approximate surface area is 188 Å². The van der Waals surface area contributed by atoms with Gasteiger partial charge in [0.15, 0.2) is 0 Å². The van der Waals surface area contributed by atoms with Gasteiger partial charge in [0.1, 0.15) is 23.9 Å². The van der Waals surface area contributed by atoms with Crippen LogP contribution in [-0.2, 0) is 25.6 Å². The van der Waals surface area contributed by atoms with Gasteiger partial charge in [-0.15, -0.1) is 5.01 Å². The number of nitrogens with one attached hydrogen (secondary N) is 1. The molecule has 0 aliphatic carbocycles. The van der Waals surface area contributed by atoms with E-state index >= 15 is 0 Å². The average molecular weight is 452 g/mol. The summed E-state index contributed by atoms with van der Waals surface area (Å²) in [6.07, 6.45) is -3.02. The van der Waals surface area contributed by atoms with Gasteiger partial charge in [0.2, 0.25) is 0 Å². The summed E-state index contributed by atoms with van der Waals surface area (Å²) in [6.45, 7) is 11.1. The van der Waals surface area contributed by atoms with E-state index in [4.69, 9.17) is 14.2 Å². The summed E-state index contributed by atoms with van der Waals surface area (Å²) in [5, 5.41) is 3.57. The topological polar surface area (TPSA) is 114 Å². The number of ether oxygens (including phenoxy) is 3. The minimum Gasteiger partial charge on any atom is -0.445 e. The Morgan fingerprint density at radius 3 is 1.81 bits per heavy atom. The zero-order chi connectivity index (χ0) is 24.7. The summed E-state index contributed by atoms with van der Waals surface area (Å²) >= 11 is 0. The highest BCUT2D eigenvalue weighted by Crippen LogP contribution is 2.16. The van der Waals surface area contributed by atoms with Crippen LogP contribution in [0.3, 0.4) is 0 Å². The van der Waals surface area contributed by atoms with E-state index in [1.54, 1.807) is 65.8 Å². The second-order valence-corrected chi connectivity index (χ2v) is 9.06. The second kappa shape index (κ2) is 10.8.